The third-order valence-electron chi connectivity index (χ3n) is 4.57. The summed E-state index contributed by atoms with van der Waals surface area (Å²) in [6, 6.07) is 0. The highest BCUT2D eigenvalue weighted by molar-refractivity contribution is 7.91. The first-order valence-corrected chi connectivity index (χ1v) is 9.25. The van der Waals surface area contributed by atoms with Gasteiger partial charge in [-0.3, -0.25) is 0 Å². The quantitative estimate of drug-likeness (QED) is 0.794. The Morgan fingerprint density at radius 1 is 0.833 bits per heavy atom. The molecule has 4 heteroatoms. The number of ether oxygens (including phenoxy) is 1. The molecule has 2 aliphatic rings. The highest BCUT2D eigenvalue weighted by Gasteiger charge is 2.30. The predicted molar refractivity (Wildman–Crippen MR) is 73.4 cm³/mol. The third-order valence-corrected chi connectivity index (χ3v) is 6.26. The van der Waals surface area contributed by atoms with Gasteiger partial charge in [0.1, 0.15) is 9.84 Å². The molecule has 0 amide bonds. The van der Waals surface area contributed by atoms with Gasteiger partial charge in [-0.15, -0.1) is 0 Å². The van der Waals surface area contributed by atoms with Gasteiger partial charge in [0.05, 0.1) is 17.5 Å². The molecule has 0 aromatic carbocycles. The molecule has 0 aromatic heterocycles. The van der Waals surface area contributed by atoms with Gasteiger partial charge in [-0.25, -0.2) is 8.42 Å². The predicted octanol–water partition coefficient (Wildman–Crippen LogP) is 2.94. The Morgan fingerprint density at radius 2 is 1.28 bits per heavy atom. The third kappa shape index (κ3) is 3.95. The molecular weight excluding hydrogens is 248 g/mol. The Balaban J connectivity index is 1.74. The minimum absolute atomic E-state index is 0.122. The van der Waals surface area contributed by atoms with Crippen molar-refractivity contribution in [2.24, 2.45) is 5.92 Å². The molecular formula is C14H26O3S. The molecule has 0 N–H and O–H groups in total. The van der Waals surface area contributed by atoms with E-state index in [1.54, 1.807) is 0 Å². The summed E-state index contributed by atoms with van der Waals surface area (Å²) in [5, 5.41) is -0.122. The van der Waals surface area contributed by atoms with Gasteiger partial charge in [-0.2, -0.15) is 0 Å². The van der Waals surface area contributed by atoms with Crippen LogP contribution in [0.1, 0.15) is 58.3 Å². The standard InChI is InChI=1S/C14H26O3S/c1-11-3-5-12(6-4-11)17-13-7-9-14(10-8-13)18(2,15)16/h11-14H,3-10H2,1-2H3. The lowest BCUT2D eigenvalue weighted by Crippen LogP contribution is -2.33. The highest BCUT2D eigenvalue weighted by atomic mass is 32.2. The molecule has 0 unspecified atom stereocenters. The van der Waals surface area contributed by atoms with Gasteiger partial charge in [0.25, 0.3) is 0 Å². The summed E-state index contributed by atoms with van der Waals surface area (Å²) in [4.78, 5) is 0. The number of hydrogen-bond donors (Lipinski definition) is 0. The van der Waals surface area contributed by atoms with E-state index in [2.05, 4.69) is 6.92 Å². The van der Waals surface area contributed by atoms with Gasteiger partial charge in [0, 0.05) is 6.26 Å². The van der Waals surface area contributed by atoms with Crippen molar-refractivity contribution in [3.05, 3.63) is 0 Å². The van der Waals surface area contributed by atoms with Crippen LogP contribution < -0.4 is 0 Å². The summed E-state index contributed by atoms with van der Waals surface area (Å²) in [6.45, 7) is 2.31. The molecule has 0 atom stereocenters. The van der Waals surface area contributed by atoms with E-state index in [9.17, 15) is 8.42 Å². The van der Waals surface area contributed by atoms with Gasteiger partial charge in [-0.1, -0.05) is 6.92 Å². The molecule has 18 heavy (non-hydrogen) atoms. The molecule has 0 spiro atoms. The van der Waals surface area contributed by atoms with E-state index in [0.717, 1.165) is 31.6 Å². The number of rotatable bonds is 3. The second-order valence-corrected chi connectivity index (χ2v) is 8.57. The lowest BCUT2D eigenvalue weighted by Gasteiger charge is -2.33. The Bertz CT molecular complexity index is 347. The summed E-state index contributed by atoms with van der Waals surface area (Å²) < 4.78 is 29.1. The zero-order chi connectivity index (χ0) is 13.2. The molecule has 0 aromatic rings. The van der Waals surface area contributed by atoms with Crippen LogP contribution in [0.3, 0.4) is 0 Å². The van der Waals surface area contributed by atoms with Crippen LogP contribution in [0.25, 0.3) is 0 Å². The molecule has 2 fully saturated rings. The first-order chi connectivity index (χ1) is 8.45. The Labute approximate surface area is 111 Å². The first kappa shape index (κ1) is 14.3. The zero-order valence-electron chi connectivity index (χ0n) is 11.6. The second-order valence-electron chi connectivity index (χ2n) is 6.25. The van der Waals surface area contributed by atoms with Crippen LogP contribution in [-0.4, -0.2) is 32.1 Å². The molecule has 0 saturated heterocycles. The maximum atomic E-state index is 11.5. The lowest BCUT2D eigenvalue weighted by atomic mass is 9.88. The van der Waals surface area contributed by atoms with Crippen LogP contribution in [0.2, 0.25) is 0 Å². The fourth-order valence-electron chi connectivity index (χ4n) is 3.23. The van der Waals surface area contributed by atoms with Crippen LogP contribution in [-0.2, 0) is 14.6 Å². The van der Waals surface area contributed by atoms with Gasteiger partial charge in [0.15, 0.2) is 0 Å². The van der Waals surface area contributed by atoms with Crippen molar-refractivity contribution in [1.29, 1.82) is 0 Å². The average Bonchev–Trinajstić information content (AvgIpc) is 2.32. The van der Waals surface area contributed by atoms with Gasteiger partial charge >= 0.3 is 0 Å². The van der Waals surface area contributed by atoms with Crippen LogP contribution in [0, 0.1) is 5.92 Å². The molecule has 0 bridgehead atoms. The minimum atomic E-state index is -2.85. The Kier molecular flexibility index (Phi) is 4.70. The first-order valence-electron chi connectivity index (χ1n) is 7.29. The lowest BCUT2D eigenvalue weighted by molar-refractivity contribution is -0.0495. The minimum Gasteiger partial charge on any atom is -0.375 e. The molecule has 2 saturated carbocycles. The van der Waals surface area contributed by atoms with Crippen molar-refractivity contribution in [3.8, 4) is 0 Å². The summed E-state index contributed by atoms with van der Waals surface area (Å²) in [5.41, 5.74) is 0. The van der Waals surface area contributed by atoms with Crippen molar-refractivity contribution in [2.45, 2.75) is 75.7 Å². The molecule has 0 radical (unpaired) electrons. The molecule has 3 nitrogen and oxygen atoms in total. The van der Waals surface area contributed by atoms with E-state index in [4.69, 9.17) is 4.74 Å². The van der Waals surface area contributed by atoms with Crippen molar-refractivity contribution in [2.75, 3.05) is 6.26 Å². The van der Waals surface area contributed by atoms with Crippen molar-refractivity contribution < 1.29 is 13.2 Å². The van der Waals surface area contributed by atoms with Crippen molar-refractivity contribution in [1.82, 2.24) is 0 Å². The van der Waals surface area contributed by atoms with E-state index >= 15 is 0 Å². The normalized spacial score (nSPS) is 38.6. The van der Waals surface area contributed by atoms with Crippen molar-refractivity contribution in [3.63, 3.8) is 0 Å². The highest BCUT2D eigenvalue weighted by Crippen LogP contribution is 2.31. The summed E-state index contributed by atoms with van der Waals surface area (Å²) in [7, 11) is -2.85. The van der Waals surface area contributed by atoms with Crippen LogP contribution >= 0.6 is 0 Å². The summed E-state index contributed by atoms with van der Waals surface area (Å²) in [6.07, 6.45) is 10.4. The molecule has 2 aliphatic carbocycles. The van der Waals surface area contributed by atoms with E-state index in [1.165, 1.54) is 31.9 Å². The zero-order valence-corrected chi connectivity index (χ0v) is 12.4. The van der Waals surface area contributed by atoms with E-state index < -0.39 is 9.84 Å². The molecule has 0 heterocycles. The van der Waals surface area contributed by atoms with Crippen LogP contribution in [0.5, 0.6) is 0 Å². The average molecular weight is 274 g/mol. The maximum absolute atomic E-state index is 11.5. The van der Waals surface area contributed by atoms with Gasteiger partial charge in [-0.05, 0) is 57.3 Å². The van der Waals surface area contributed by atoms with E-state index in [1.807, 2.05) is 0 Å². The topological polar surface area (TPSA) is 43.4 Å². The molecule has 2 rings (SSSR count). The molecule has 106 valence electrons. The van der Waals surface area contributed by atoms with E-state index in [-0.39, 0.29) is 5.25 Å². The van der Waals surface area contributed by atoms with Gasteiger partial charge in [0.2, 0.25) is 0 Å². The van der Waals surface area contributed by atoms with Crippen LogP contribution in [0.15, 0.2) is 0 Å². The smallest absolute Gasteiger partial charge is 0.150 e. The summed E-state index contributed by atoms with van der Waals surface area (Å²) in [5.74, 6) is 0.853. The molecule has 0 aliphatic heterocycles. The van der Waals surface area contributed by atoms with Gasteiger partial charge < -0.3 is 4.74 Å². The Morgan fingerprint density at radius 3 is 1.72 bits per heavy atom. The fraction of sp³-hybridized carbons (Fsp3) is 1.00. The van der Waals surface area contributed by atoms with E-state index in [0.29, 0.717) is 12.2 Å². The second kappa shape index (κ2) is 5.91. The largest absolute Gasteiger partial charge is 0.375 e. The number of hydrogen-bond acceptors (Lipinski definition) is 3. The van der Waals surface area contributed by atoms with Crippen molar-refractivity contribution >= 4 is 9.84 Å². The monoisotopic (exact) mass is 274 g/mol. The maximum Gasteiger partial charge on any atom is 0.150 e. The van der Waals surface area contributed by atoms with Crippen LogP contribution in [0.4, 0.5) is 0 Å². The Hall–Kier alpha value is -0.0900. The number of sulfone groups is 1. The fourth-order valence-corrected chi connectivity index (χ4v) is 4.36. The summed E-state index contributed by atoms with van der Waals surface area (Å²) >= 11 is 0. The SMILES string of the molecule is CC1CCC(OC2CCC(S(C)(=O)=O)CC2)CC1.